The van der Waals surface area contributed by atoms with Crippen LogP contribution in [0.15, 0.2) is 30.5 Å². The molecule has 1 nitrogen and oxygen atoms in total. The molecule has 96 valence electrons. The highest BCUT2D eigenvalue weighted by atomic mass is 19.4. The number of benzene rings is 1. The molecule has 2 rings (SSSR count). The highest BCUT2D eigenvalue weighted by Gasteiger charge is 2.32. The number of aromatic nitrogens is 1. The largest absolute Gasteiger partial charge is 0.433 e. The number of hydrogen-bond donors (Lipinski definition) is 0. The molecule has 0 aliphatic carbocycles. The molecule has 0 amide bonds. The van der Waals surface area contributed by atoms with E-state index in [-0.39, 0.29) is 0 Å². The Kier molecular flexibility index (Phi) is 3.28. The quantitative estimate of drug-likeness (QED) is 0.751. The van der Waals surface area contributed by atoms with Gasteiger partial charge in [0.25, 0.3) is 0 Å². The average Bonchev–Trinajstić information content (AvgIpc) is 2.35. The molecule has 0 spiro atoms. The lowest BCUT2D eigenvalue weighted by molar-refractivity contribution is -0.141. The van der Waals surface area contributed by atoms with Crippen LogP contribution in [0, 0.1) is 0 Å². The zero-order valence-electron chi connectivity index (χ0n) is 10.3. The summed E-state index contributed by atoms with van der Waals surface area (Å²) in [7, 11) is 0. The molecule has 1 heterocycles. The molecule has 1 unspecified atom stereocenters. The van der Waals surface area contributed by atoms with Gasteiger partial charge < -0.3 is 0 Å². The van der Waals surface area contributed by atoms with Gasteiger partial charge in [-0.15, -0.1) is 0 Å². The Balaban J connectivity index is 2.60. The van der Waals surface area contributed by atoms with Crippen LogP contribution in [-0.2, 0) is 6.18 Å². The van der Waals surface area contributed by atoms with Crippen LogP contribution in [0.5, 0.6) is 0 Å². The van der Waals surface area contributed by atoms with Crippen LogP contribution >= 0.6 is 0 Å². The Labute approximate surface area is 104 Å². The Morgan fingerprint density at radius 3 is 2.61 bits per heavy atom. The SMILES string of the molecule is CCC(C)c1cccc2cc(C(F)(F)F)ncc12. The van der Waals surface area contributed by atoms with Gasteiger partial charge in [-0.2, -0.15) is 13.2 Å². The highest BCUT2D eigenvalue weighted by molar-refractivity contribution is 5.85. The van der Waals surface area contributed by atoms with Gasteiger partial charge >= 0.3 is 6.18 Å². The van der Waals surface area contributed by atoms with E-state index < -0.39 is 11.9 Å². The number of pyridine rings is 1. The predicted molar refractivity (Wildman–Crippen MR) is 65.5 cm³/mol. The van der Waals surface area contributed by atoms with E-state index in [0.29, 0.717) is 11.3 Å². The molecule has 1 aromatic carbocycles. The number of fused-ring (bicyclic) bond motifs is 1. The van der Waals surface area contributed by atoms with Crippen molar-refractivity contribution >= 4 is 10.8 Å². The number of alkyl halides is 3. The predicted octanol–water partition coefficient (Wildman–Crippen LogP) is 4.77. The monoisotopic (exact) mass is 253 g/mol. The van der Waals surface area contributed by atoms with Crippen LogP contribution in [0.3, 0.4) is 0 Å². The molecule has 18 heavy (non-hydrogen) atoms. The minimum atomic E-state index is -4.39. The fourth-order valence-electron chi connectivity index (χ4n) is 2.00. The van der Waals surface area contributed by atoms with Crippen LogP contribution in [0.4, 0.5) is 13.2 Å². The summed E-state index contributed by atoms with van der Waals surface area (Å²) < 4.78 is 37.7. The molecule has 4 heteroatoms. The van der Waals surface area contributed by atoms with E-state index in [2.05, 4.69) is 18.8 Å². The maximum absolute atomic E-state index is 12.6. The van der Waals surface area contributed by atoms with Crippen molar-refractivity contribution in [1.82, 2.24) is 4.98 Å². The van der Waals surface area contributed by atoms with Gasteiger partial charge in [0.2, 0.25) is 0 Å². The Morgan fingerprint density at radius 2 is 2.00 bits per heavy atom. The molecule has 0 saturated heterocycles. The smallest absolute Gasteiger partial charge is 0.251 e. The first kappa shape index (κ1) is 12.9. The van der Waals surface area contributed by atoms with Gasteiger partial charge in [0, 0.05) is 11.6 Å². The highest BCUT2D eigenvalue weighted by Crippen LogP contribution is 2.32. The number of hydrogen-bond acceptors (Lipinski definition) is 1. The lowest BCUT2D eigenvalue weighted by Gasteiger charge is -2.13. The number of nitrogens with zero attached hydrogens (tertiary/aromatic N) is 1. The second-order valence-electron chi connectivity index (χ2n) is 4.44. The molecular weight excluding hydrogens is 239 g/mol. The molecule has 0 aliphatic heterocycles. The summed E-state index contributed by atoms with van der Waals surface area (Å²) in [4.78, 5) is 3.53. The molecule has 1 aromatic heterocycles. The van der Waals surface area contributed by atoms with Gasteiger partial charge in [-0.3, -0.25) is 4.98 Å². The van der Waals surface area contributed by atoms with E-state index in [0.717, 1.165) is 23.4 Å². The van der Waals surface area contributed by atoms with Crippen molar-refractivity contribution in [1.29, 1.82) is 0 Å². The van der Waals surface area contributed by atoms with Crippen molar-refractivity contribution < 1.29 is 13.2 Å². The second kappa shape index (κ2) is 4.59. The Morgan fingerprint density at radius 1 is 1.28 bits per heavy atom. The molecule has 0 bridgehead atoms. The zero-order valence-corrected chi connectivity index (χ0v) is 10.3. The first-order chi connectivity index (χ1) is 8.43. The van der Waals surface area contributed by atoms with E-state index in [1.54, 1.807) is 12.1 Å². The Bertz CT molecular complexity index is 560. The molecule has 0 fully saturated rings. The lowest BCUT2D eigenvalue weighted by atomic mass is 9.94. The first-order valence-corrected chi connectivity index (χ1v) is 5.89. The van der Waals surface area contributed by atoms with Crippen molar-refractivity contribution in [2.24, 2.45) is 0 Å². The van der Waals surface area contributed by atoms with E-state index in [1.165, 1.54) is 6.20 Å². The molecular formula is C14H14F3N. The van der Waals surface area contributed by atoms with Crippen molar-refractivity contribution in [2.45, 2.75) is 32.4 Å². The average molecular weight is 253 g/mol. The molecule has 0 radical (unpaired) electrons. The molecule has 0 aliphatic rings. The van der Waals surface area contributed by atoms with Gasteiger partial charge in [0.1, 0.15) is 5.69 Å². The summed E-state index contributed by atoms with van der Waals surface area (Å²) in [6, 6.07) is 6.55. The fourth-order valence-corrected chi connectivity index (χ4v) is 2.00. The van der Waals surface area contributed by atoms with Crippen LogP contribution in [0.25, 0.3) is 10.8 Å². The lowest BCUT2D eigenvalue weighted by Crippen LogP contribution is -2.07. The normalized spacial score (nSPS) is 13.8. The number of rotatable bonds is 2. The van der Waals surface area contributed by atoms with Crippen molar-refractivity contribution in [3.05, 3.63) is 41.7 Å². The maximum Gasteiger partial charge on any atom is 0.433 e. The van der Waals surface area contributed by atoms with Crippen molar-refractivity contribution in [3.8, 4) is 0 Å². The number of halogens is 3. The zero-order chi connectivity index (χ0) is 13.3. The third kappa shape index (κ3) is 2.33. The van der Waals surface area contributed by atoms with Crippen molar-refractivity contribution in [2.75, 3.05) is 0 Å². The third-order valence-corrected chi connectivity index (χ3v) is 3.23. The van der Waals surface area contributed by atoms with E-state index in [4.69, 9.17) is 0 Å². The van der Waals surface area contributed by atoms with Gasteiger partial charge in [-0.05, 0) is 29.4 Å². The van der Waals surface area contributed by atoms with Crippen LogP contribution in [0.2, 0.25) is 0 Å². The Hall–Kier alpha value is -1.58. The summed E-state index contributed by atoms with van der Waals surface area (Å²) in [6.45, 7) is 4.12. The van der Waals surface area contributed by atoms with Gasteiger partial charge in [-0.25, -0.2) is 0 Å². The summed E-state index contributed by atoms with van der Waals surface area (Å²) in [6.07, 6.45) is -2.11. The minimum Gasteiger partial charge on any atom is -0.251 e. The second-order valence-corrected chi connectivity index (χ2v) is 4.44. The summed E-state index contributed by atoms with van der Waals surface area (Å²) in [5, 5.41) is 1.40. The topological polar surface area (TPSA) is 12.9 Å². The van der Waals surface area contributed by atoms with Crippen LogP contribution in [-0.4, -0.2) is 4.98 Å². The van der Waals surface area contributed by atoms with E-state index in [9.17, 15) is 13.2 Å². The standard InChI is InChI=1S/C14H14F3N/c1-3-9(2)11-6-4-5-10-7-13(14(15,16)17)18-8-12(10)11/h4-9H,3H2,1-2H3. The summed E-state index contributed by atoms with van der Waals surface area (Å²) >= 11 is 0. The fraction of sp³-hybridized carbons (Fsp3) is 0.357. The maximum atomic E-state index is 12.6. The van der Waals surface area contributed by atoms with Gasteiger partial charge in [-0.1, -0.05) is 32.0 Å². The minimum absolute atomic E-state index is 0.312. The first-order valence-electron chi connectivity index (χ1n) is 5.89. The van der Waals surface area contributed by atoms with Crippen LogP contribution < -0.4 is 0 Å². The van der Waals surface area contributed by atoms with E-state index in [1.807, 2.05) is 6.07 Å². The summed E-state index contributed by atoms with van der Waals surface area (Å²) in [5.74, 6) is 0.312. The van der Waals surface area contributed by atoms with Gasteiger partial charge in [0.15, 0.2) is 0 Å². The molecule has 2 aromatic rings. The van der Waals surface area contributed by atoms with Crippen molar-refractivity contribution in [3.63, 3.8) is 0 Å². The third-order valence-electron chi connectivity index (χ3n) is 3.23. The van der Waals surface area contributed by atoms with E-state index >= 15 is 0 Å². The molecule has 1 atom stereocenters. The molecule has 0 saturated carbocycles. The molecule has 0 N–H and O–H groups in total. The van der Waals surface area contributed by atoms with Crippen LogP contribution in [0.1, 0.15) is 37.4 Å². The van der Waals surface area contributed by atoms with Gasteiger partial charge in [0.05, 0.1) is 0 Å². The summed E-state index contributed by atoms with van der Waals surface area (Å²) in [5.41, 5.74) is 0.215.